The Morgan fingerprint density at radius 1 is 1.22 bits per heavy atom. The van der Waals surface area contributed by atoms with Crippen LogP contribution in [0, 0.1) is 12.8 Å². The predicted molar refractivity (Wildman–Crippen MR) is 103 cm³/mol. The SMILES string of the molecule is COC(=O)c1cccc(N2CC(C(=O)Nc3cccc(Cl)c3C)CC2=O)c1. The zero-order valence-electron chi connectivity index (χ0n) is 15.0. The summed E-state index contributed by atoms with van der Waals surface area (Å²) >= 11 is 6.08. The maximum Gasteiger partial charge on any atom is 0.337 e. The molecule has 1 heterocycles. The Bertz CT molecular complexity index is 913. The summed E-state index contributed by atoms with van der Waals surface area (Å²) in [4.78, 5) is 38.2. The second-order valence-electron chi connectivity index (χ2n) is 6.35. The van der Waals surface area contributed by atoms with Crippen LogP contribution in [-0.4, -0.2) is 31.4 Å². The van der Waals surface area contributed by atoms with Crippen LogP contribution < -0.4 is 10.2 Å². The molecule has 1 fully saturated rings. The maximum atomic E-state index is 12.6. The third kappa shape index (κ3) is 3.95. The number of hydrogen-bond donors (Lipinski definition) is 1. The van der Waals surface area contributed by atoms with E-state index >= 15 is 0 Å². The minimum Gasteiger partial charge on any atom is -0.465 e. The summed E-state index contributed by atoms with van der Waals surface area (Å²) in [5.74, 6) is -1.37. The van der Waals surface area contributed by atoms with Gasteiger partial charge in [-0.1, -0.05) is 23.7 Å². The summed E-state index contributed by atoms with van der Waals surface area (Å²) in [5.41, 5.74) is 2.33. The molecule has 0 aromatic heterocycles. The largest absolute Gasteiger partial charge is 0.465 e. The molecule has 1 saturated heterocycles. The van der Waals surface area contributed by atoms with E-state index in [0.717, 1.165) is 5.56 Å². The van der Waals surface area contributed by atoms with Gasteiger partial charge in [-0.25, -0.2) is 4.79 Å². The minimum atomic E-state index is -0.488. The van der Waals surface area contributed by atoms with E-state index in [-0.39, 0.29) is 24.8 Å². The van der Waals surface area contributed by atoms with Crippen LogP contribution in [0.4, 0.5) is 11.4 Å². The molecule has 1 aliphatic rings. The van der Waals surface area contributed by atoms with Crippen molar-refractivity contribution in [3.63, 3.8) is 0 Å². The molecular formula is C20H19ClN2O4. The smallest absolute Gasteiger partial charge is 0.337 e. The summed E-state index contributed by atoms with van der Waals surface area (Å²) in [7, 11) is 1.30. The van der Waals surface area contributed by atoms with Crippen LogP contribution in [0.25, 0.3) is 0 Å². The molecule has 0 aliphatic carbocycles. The summed E-state index contributed by atoms with van der Waals surface area (Å²) in [6, 6.07) is 11.9. The topological polar surface area (TPSA) is 75.7 Å². The van der Waals surface area contributed by atoms with Crippen molar-refractivity contribution >= 4 is 40.8 Å². The van der Waals surface area contributed by atoms with Gasteiger partial charge in [-0.15, -0.1) is 0 Å². The zero-order valence-corrected chi connectivity index (χ0v) is 15.7. The fraction of sp³-hybridized carbons (Fsp3) is 0.250. The normalized spacial score (nSPS) is 16.3. The zero-order chi connectivity index (χ0) is 19.6. The van der Waals surface area contributed by atoms with E-state index < -0.39 is 11.9 Å². The van der Waals surface area contributed by atoms with E-state index in [4.69, 9.17) is 16.3 Å². The number of rotatable bonds is 4. The van der Waals surface area contributed by atoms with Gasteiger partial charge in [0.25, 0.3) is 0 Å². The van der Waals surface area contributed by atoms with Crippen LogP contribution in [0.5, 0.6) is 0 Å². The molecule has 0 spiro atoms. The van der Waals surface area contributed by atoms with Gasteiger partial charge in [-0.05, 0) is 42.8 Å². The van der Waals surface area contributed by atoms with Crippen LogP contribution in [-0.2, 0) is 14.3 Å². The van der Waals surface area contributed by atoms with Crippen molar-refractivity contribution in [1.82, 2.24) is 0 Å². The summed E-state index contributed by atoms with van der Waals surface area (Å²) in [6.07, 6.45) is 0.105. The third-order valence-corrected chi connectivity index (χ3v) is 5.01. The molecular weight excluding hydrogens is 368 g/mol. The van der Waals surface area contributed by atoms with Gasteiger partial charge in [0.2, 0.25) is 11.8 Å². The third-order valence-electron chi connectivity index (χ3n) is 4.60. The van der Waals surface area contributed by atoms with E-state index in [2.05, 4.69) is 5.32 Å². The van der Waals surface area contributed by atoms with E-state index in [0.29, 0.717) is 22.0 Å². The molecule has 1 unspecified atom stereocenters. The van der Waals surface area contributed by atoms with Gasteiger partial charge in [0, 0.05) is 29.4 Å². The number of carbonyl (C=O) groups excluding carboxylic acids is 3. The highest BCUT2D eigenvalue weighted by molar-refractivity contribution is 6.31. The number of esters is 1. The standard InChI is InChI=1S/C20H19ClN2O4/c1-12-16(21)7-4-8-17(12)22-19(25)14-10-18(24)23(11-14)15-6-3-5-13(9-15)20(26)27-2/h3-9,14H,10-11H2,1-2H3,(H,22,25). The second-order valence-corrected chi connectivity index (χ2v) is 6.76. The average Bonchev–Trinajstić information content (AvgIpc) is 3.06. The van der Waals surface area contributed by atoms with Crippen LogP contribution >= 0.6 is 11.6 Å². The van der Waals surface area contributed by atoms with Crippen molar-refractivity contribution in [2.75, 3.05) is 23.9 Å². The summed E-state index contributed by atoms with van der Waals surface area (Å²) in [5, 5.41) is 3.41. The van der Waals surface area contributed by atoms with Crippen LogP contribution in [0.15, 0.2) is 42.5 Å². The molecule has 0 saturated carbocycles. The Kier molecular flexibility index (Phi) is 5.46. The number of hydrogen-bond acceptors (Lipinski definition) is 4. The lowest BCUT2D eigenvalue weighted by molar-refractivity contribution is -0.122. The summed E-state index contributed by atoms with van der Waals surface area (Å²) in [6.45, 7) is 2.07. The van der Waals surface area contributed by atoms with Crippen molar-refractivity contribution < 1.29 is 19.1 Å². The van der Waals surface area contributed by atoms with Gasteiger partial charge in [0.1, 0.15) is 0 Å². The Labute approximate surface area is 162 Å². The van der Waals surface area contributed by atoms with Crippen LogP contribution in [0.3, 0.4) is 0 Å². The fourth-order valence-corrected chi connectivity index (χ4v) is 3.20. The highest BCUT2D eigenvalue weighted by Crippen LogP contribution is 2.28. The molecule has 140 valence electrons. The molecule has 6 nitrogen and oxygen atoms in total. The van der Waals surface area contributed by atoms with E-state index in [1.807, 2.05) is 6.92 Å². The van der Waals surface area contributed by atoms with Gasteiger partial charge >= 0.3 is 5.97 Å². The second kappa shape index (κ2) is 7.80. The first-order chi connectivity index (χ1) is 12.9. The van der Waals surface area contributed by atoms with Crippen molar-refractivity contribution in [3.05, 3.63) is 58.6 Å². The molecule has 0 bridgehead atoms. The first kappa shape index (κ1) is 18.9. The average molecular weight is 387 g/mol. The number of ether oxygens (including phenoxy) is 1. The molecule has 27 heavy (non-hydrogen) atoms. The van der Waals surface area contributed by atoms with E-state index in [9.17, 15) is 14.4 Å². The molecule has 0 radical (unpaired) electrons. The molecule has 1 aliphatic heterocycles. The van der Waals surface area contributed by atoms with Crippen LogP contribution in [0.1, 0.15) is 22.3 Å². The highest BCUT2D eigenvalue weighted by atomic mass is 35.5. The minimum absolute atomic E-state index is 0.105. The number of nitrogens with zero attached hydrogens (tertiary/aromatic N) is 1. The number of nitrogens with one attached hydrogen (secondary N) is 1. The van der Waals surface area contributed by atoms with E-state index in [1.54, 1.807) is 42.5 Å². The quantitative estimate of drug-likeness (QED) is 0.817. The first-order valence-corrected chi connectivity index (χ1v) is 8.83. The molecule has 3 rings (SSSR count). The Morgan fingerprint density at radius 2 is 1.96 bits per heavy atom. The fourth-order valence-electron chi connectivity index (χ4n) is 3.03. The molecule has 2 aromatic carbocycles. The lowest BCUT2D eigenvalue weighted by Crippen LogP contribution is -2.28. The maximum absolute atomic E-state index is 12.6. The number of methoxy groups -OCH3 is 1. The molecule has 1 atom stereocenters. The monoisotopic (exact) mass is 386 g/mol. The van der Waals surface area contributed by atoms with Gasteiger partial charge in [-0.3, -0.25) is 9.59 Å². The van der Waals surface area contributed by atoms with Gasteiger partial charge in [0.05, 0.1) is 18.6 Å². The van der Waals surface area contributed by atoms with Gasteiger partial charge < -0.3 is 15.0 Å². The number of amides is 2. The molecule has 2 amide bonds. The van der Waals surface area contributed by atoms with Crippen molar-refractivity contribution in [3.8, 4) is 0 Å². The number of carbonyl (C=O) groups is 3. The van der Waals surface area contributed by atoms with Crippen molar-refractivity contribution in [2.24, 2.45) is 5.92 Å². The molecule has 7 heteroatoms. The van der Waals surface area contributed by atoms with Crippen molar-refractivity contribution in [1.29, 1.82) is 0 Å². The number of benzene rings is 2. The van der Waals surface area contributed by atoms with Gasteiger partial charge in [0.15, 0.2) is 0 Å². The first-order valence-electron chi connectivity index (χ1n) is 8.45. The molecule has 1 N–H and O–H groups in total. The number of anilines is 2. The Morgan fingerprint density at radius 3 is 2.70 bits per heavy atom. The highest BCUT2D eigenvalue weighted by Gasteiger charge is 2.35. The number of halogens is 1. The van der Waals surface area contributed by atoms with E-state index in [1.165, 1.54) is 12.0 Å². The van der Waals surface area contributed by atoms with Crippen molar-refractivity contribution in [2.45, 2.75) is 13.3 Å². The van der Waals surface area contributed by atoms with Gasteiger partial charge in [-0.2, -0.15) is 0 Å². The molecule has 2 aromatic rings. The lowest BCUT2D eigenvalue weighted by Gasteiger charge is -2.17. The summed E-state index contributed by atoms with van der Waals surface area (Å²) < 4.78 is 4.71. The lowest BCUT2D eigenvalue weighted by atomic mass is 10.1. The Balaban J connectivity index is 1.74. The Hall–Kier alpha value is -2.86. The predicted octanol–water partition coefficient (Wildman–Crippen LogP) is 3.43. The van der Waals surface area contributed by atoms with Crippen LogP contribution in [0.2, 0.25) is 5.02 Å².